The van der Waals surface area contributed by atoms with Crippen LogP contribution >= 0.6 is 0 Å². The van der Waals surface area contributed by atoms with Crippen molar-refractivity contribution >= 4 is 17.5 Å². The number of nitrogens with one attached hydrogen (secondary N) is 1. The number of anilines is 2. The quantitative estimate of drug-likeness (QED) is 0.739. The summed E-state index contributed by atoms with van der Waals surface area (Å²) in [6.07, 6.45) is 0.866. The molecule has 0 spiro atoms. The van der Waals surface area contributed by atoms with E-state index in [0.717, 1.165) is 29.1 Å². The zero-order valence-corrected chi connectivity index (χ0v) is 16.0. The van der Waals surface area contributed by atoms with Gasteiger partial charge in [-0.05, 0) is 37.1 Å². The SMILES string of the molecule is COc1ccccc1CNc1nc(C)cc(C(=O)N2CCc3ccccc32)n1. The number of methoxy groups -OCH3 is 1. The molecule has 3 aromatic rings. The van der Waals surface area contributed by atoms with Crippen LogP contribution < -0.4 is 15.0 Å². The number of nitrogens with zero attached hydrogens (tertiary/aromatic N) is 3. The van der Waals surface area contributed by atoms with Crippen molar-refractivity contribution in [3.63, 3.8) is 0 Å². The number of hydrogen-bond acceptors (Lipinski definition) is 5. The Bertz CT molecular complexity index is 1020. The predicted octanol–water partition coefficient (Wildman–Crippen LogP) is 3.61. The summed E-state index contributed by atoms with van der Waals surface area (Å²) < 4.78 is 5.38. The molecule has 0 aliphatic carbocycles. The minimum Gasteiger partial charge on any atom is -0.496 e. The lowest BCUT2D eigenvalue weighted by molar-refractivity contribution is 0.0984. The van der Waals surface area contributed by atoms with Crippen LogP contribution in [0.25, 0.3) is 0 Å². The second kappa shape index (κ2) is 7.68. The van der Waals surface area contributed by atoms with Crippen molar-refractivity contribution < 1.29 is 9.53 Å². The van der Waals surface area contributed by atoms with Gasteiger partial charge in [-0.2, -0.15) is 0 Å². The van der Waals surface area contributed by atoms with Crippen molar-refractivity contribution in [2.24, 2.45) is 0 Å². The molecule has 142 valence electrons. The van der Waals surface area contributed by atoms with E-state index >= 15 is 0 Å². The fraction of sp³-hybridized carbons (Fsp3) is 0.227. The van der Waals surface area contributed by atoms with Gasteiger partial charge in [0.1, 0.15) is 11.4 Å². The Morgan fingerprint density at radius 1 is 1.14 bits per heavy atom. The van der Waals surface area contributed by atoms with Crippen molar-refractivity contribution in [1.82, 2.24) is 9.97 Å². The lowest BCUT2D eigenvalue weighted by atomic mass is 10.2. The Kier molecular flexibility index (Phi) is 4.93. The molecular weight excluding hydrogens is 352 g/mol. The zero-order chi connectivity index (χ0) is 19.5. The largest absolute Gasteiger partial charge is 0.496 e. The van der Waals surface area contributed by atoms with Crippen LogP contribution in [0, 0.1) is 6.92 Å². The van der Waals surface area contributed by atoms with Gasteiger partial charge in [-0.15, -0.1) is 0 Å². The number of ether oxygens (including phenoxy) is 1. The lowest BCUT2D eigenvalue weighted by Crippen LogP contribution is -2.30. The molecule has 1 aromatic heterocycles. The molecule has 0 fully saturated rings. The summed E-state index contributed by atoms with van der Waals surface area (Å²) in [6, 6.07) is 17.5. The number of aromatic nitrogens is 2. The molecule has 6 nitrogen and oxygen atoms in total. The van der Waals surface area contributed by atoms with E-state index < -0.39 is 0 Å². The highest BCUT2D eigenvalue weighted by Crippen LogP contribution is 2.28. The number of amides is 1. The third kappa shape index (κ3) is 3.53. The molecule has 6 heteroatoms. The summed E-state index contributed by atoms with van der Waals surface area (Å²) >= 11 is 0. The number of carbonyl (C=O) groups is 1. The molecule has 1 aliphatic heterocycles. The van der Waals surface area contributed by atoms with Crippen molar-refractivity contribution in [3.8, 4) is 5.75 Å². The van der Waals surface area contributed by atoms with Crippen molar-refractivity contribution in [3.05, 3.63) is 77.1 Å². The van der Waals surface area contributed by atoms with Crippen molar-refractivity contribution in [2.75, 3.05) is 23.9 Å². The second-order valence-corrected chi connectivity index (χ2v) is 6.72. The first-order valence-corrected chi connectivity index (χ1v) is 9.27. The van der Waals surface area contributed by atoms with Crippen LogP contribution in [-0.2, 0) is 13.0 Å². The van der Waals surface area contributed by atoms with E-state index in [9.17, 15) is 4.79 Å². The highest BCUT2D eigenvalue weighted by molar-refractivity contribution is 6.06. The molecule has 2 aromatic carbocycles. The van der Waals surface area contributed by atoms with Gasteiger partial charge in [-0.3, -0.25) is 4.79 Å². The molecule has 2 heterocycles. The summed E-state index contributed by atoms with van der Waals surface area (Å²) in [5, 5.41) is 3.21. The summed E-state index contributed by atoms with van der Waals surface area (Å²) in [7, 11) is 1.65. The first-order chi connectivity index (χ1) is 13.7. The minimum absolute atomic E-state index is 0.101. The molecule has 1 N–H and O–H groups in total. The fourth-order valence-corrected chi connectivity index (χ4v) is 3.47. The van der Waals surface area contributed by atoms with E-state index in [1.54, 1.807) is 18.1 Å². The average Bonchev–Trinajstić information content (AvgIpc) is 3.15. The van der Waals surface area contributed by atoms with E-state index in [1.807, 2.05) is 49.4 Å². The van der Waals surface area contributed by atoms with Gasteiger partial charge < -0.3 is 15.0 Å². The number of fused-ring (bicyclic) bond motifs is 1. The maximum Gasteiger partial charge on any atom is 0.277 e. The van der Waals surface area contributed by atoms with E-state index in [0.29, 0.717) is 24.7 Å². The van der Waals surface area contributed by atoms with Gasteiger partial charge in [0.15, 0.2) is 0 Å². The van der Waals surface area contributed by atoms with Crippen molar-refractivity contribution in [1.29, 1.82) is 0 Å². The fourth-order valence-electron chi connectivity index (χ4n) is 3.47. The molecule has 0 saturated heterocycles. The number of benzene rings is 2. The average molecular weight is 374 g/mol. The van der Waals surface area contributed by atoms with Gasteiger partial charge in [0, 0.05) is 30.0 Å². The van der Waals surface area contributed by atoms with Crippen molar-refractivity contribution in [2.45, 2.75) is 19.9 Å². The molecule has 1 amide bonds. The number of aryl methyl sites for hydroxylation is 1. The zero-order valence-electron chi connectivity index (χ0n) is 16.0. The van der Waals surface area contributed by atoms with Gasteiger partial charge in [0.25, 0.3) is 5.91 Å². The number of hydrogen-bond donors (Lipinski definition) is 1. The Balaban J connectivity index is 1.55. The molecule has 1 aliphatic rings. The maximum absolute atomic E-state index is 13.1. The topological polar surface area (TPSA) is 67.3 Å². The molecular formula is C22H22N4O2. The second-order valence-electron chi connectivity index (χ2n) is 6.72. The van der Waals surface area contributed by atoms with Gasteiger partial charge in [-0.25, -0.2) is 9.97 Å². The van der Waals surface area contributed by atoms with E-state index in [1.165, 1.54) is 5.56 Å². The third-order valence-electron chi connectivity index (χ3n) is 4.84. The molecule has 0 atom stereocenters. The number of carbonyl (C=O) groups excluding carboxylic acids is 1. The Labute approximate surface area is 164 Å². The number of para-hydroxylation sites is 2. The Morgan fingerprint density at radius 2 is 1.93 bits per heavy atom. The normalized spacial score (nSPS) is 12.6. The first kappa shape index (κ1) is 18.0. The highest BCUT2D eigenvalue weighted by Gasteiger charge is 2.26. The Hall–Kier alpha value is -3.41. The maximum atomic E-state index is 13.1. The summed E-state index contributed by atoms with van der Waals surface area (Å²) in [4.78, 5) is 23.8. The Morgan fingerprint density at radius 3 is 2.79 bits per heavy atom. The van der Waals surface area contributed by atoms with Crippen LogP contribution in [-0.4, -0.2) is 29.5 Å². The standard InChI is InChI=1S/C22H22N4O2/c1-15-13-18(21(27)26-12-11-16-7-3-5-9-19(16)26)25-22(24-15)23-14-17-8-4-6-10-20(17)28-2/h3-10,13H,11-12,14H2,1-2H3,(H,23,24,25). The van der Waals surface area contributed by atoms with Crippen LogP contribution in [0.2, 0.25) is 0 Å². The molecule has 0 unspecified atom stereocenters. The lowest BCUT2D eigenvalue weighted by Gasteiger charge is -2.17. The smallest absolute Gasteiger partial charge is 0.277 e. The third-order valence-corrected chi connectivity index (χ3v) is 4.84. The van der Waals surface area contributed by atoms with Gasteiger partial charge in [0.05, 0.1) is 7.11 Å². The van der Waals surface area contributed by atoms with Crippen LogP contribution in [0.4, 0.5) is 11.6 Å². The monoisotopic (exact) mass is 374 g/mol. The molecule has 0 radical (unpaired) electrons. The molecule has 0 saturated carbocycles. The first-order valence-electron chi connectivity index (χ1n) is 9.27. The minimum atomic E-state index is -0.101. The summed E-state index contributed by atoms with van der Waals surface area (Å²) in [6.45, 7) is 3.05. The van der Waals surface area contributed by atoms with Crippen LogP contribution in [0.1, 0.15) is 27.3 Å². The van der Waals surface area contributed by atoms with Gasteiger partial charge in [-0.1, -0.05) is 36.4 Å². The summed E-state index contributed by atoms with van der Waals surface area (Å²) in [5.41, 5.74) is 4.29. The van der Waals surface area contributed by atoms with E-state index in [-0.39, 0.29) is 5.91 Å². The van der Waals surface area contributed by atoms with Crippen LogP contribution in [0.3, 0.4) is 0 Å². The van der Waals surface area contributed by atoms with E-state index in [2.05, 4.69) is 21.4 Å². The van der Waals surface area contributed by atoms with Gasteiger partial charge in [0.2, 0.25) is 5.95 Å². The van der Waals surface area contributed by atoms with E-state index in [4.69, 9.17) is 4.74 Å². The summed E-state index contributed by atoms with van der Waals surface area (Å²) in [5.74, 6) is 1.13. The molecule has 0 bridgehead atoms. The predicted molar refractivity (Wildman–Crippen MR) is 109 cm³/mol. The van der Waals surface area contributed by atoms with Crippen LogP contribution in [0.5, 0.6) is 5.75 Å². The number of rotatable bonds is 5. The highest BCUT2D eigenvalue weighted by atomic mass is 16.5. The van der Waals surface area contributed by atoms with Crippen LogP contribution in [0.15, 0.2) is 54.6 Å². The van der Waals surface area contributed by atoms with Gasteiger partial charge >= 0.3 is 0 Å². The molecule has 4 rings (SSSR count). The molecule has 28 heavy (non-hydrogen) atoms.